The minimum atomic E-state index is -0.829. The van der Waals surface area contributed by atoms with E-state index in [1.807, 2.05) is 30.3 Å². The van der Waals surface area contributed by atoms with Gasteiger partial charge in [0.15, 0.2) is 0 Å². The van der Waals surface area contributed by atoms with Crippen molar-refractivity contribution in [2.24, 2.45) is 0 Å². The van der Waals surface area contributed by atoms with Crippen LogP contribution in [0.4, 0.5) is 34.1 Å². The molecule has 0 N–H and O–H groups in total. The van der Waals surface area contributed by atoms with Gasteiger partial charge in [0, 0.05) is 41.0 Å². The summed E-state index contributed by atoms with van der Waals surface area (Å²) >= 11 is 0. The van der Waals surface area contributed by atoms with Crippen LogP contribution in [0.15, 0.2) is 152 Å². The molecule has 0 aliphatic heterocycles. The van der Waals surface area contributed by atoms with Crippen LogP contribution in [0.1, 0.15) is 23.6 Å². The van der Waals surface area contributed by atoms with Crippen molar-refractivity contribution in [3.63, 3.8) is 0 Å². The molecule has 6 aromatic rings. The second kappa shape index (κ2) is 14.0. The molecule has 0 spiro atoms. The maximum Gasteiger partial charge on any atom is 0.374 e. The quantitative estimate of drug-likeness (QED) is 0.113. The van der Waals surface area contributed by atoms with Crippen LogP contribution in [-0.2, 0) is 20.9 Å². The van der Waals surface area contributed by atoms with E-state index < -0.39 is 11.8 Å². The largest absolute Gasteiger partial charge is 0.455 e. The Morgan fingerprint density at radius 3 is 1.19 bits per heavy atom. The minimum Gasteiger partial charge on any atom is -0.455 e. The highest BCUT2D eigenvalue weighted by Crippen LogP contribution is 2.38. The molecule has 5 nitrogen and oxygen atoms in total. The van der Waals surface area contributed by atoms with Gasteiger partial charge in [-0.15, -0.1) is 0 Å². The molecule has 232 valence electrons. The minimum absolute atomic E-state index is 0.0465. The van der Waals surface area contributed by atoms with Gasteiger partial charge in [0.1, 0.15) is 6.61 Å². The highest BCUT2D eigenvalue weighted by molar-refractivity contribution is 6.32. The number of ketones is 1. The van der Waals surface area contributed by atoms with E-state index in [1.54, 1.807) is 0 Å². The maximum absolute atomic E-state index is 11.6. The fourth-order valence-electron chi connectivity index (χ4n) is 5.46. The second-order valence-electron chi connectivity index (χ2n) is 11.6. The number of ether oxygens (including phenoxy) is 1. The third-order valence-electron chi connectivity index (χ3n) is 8.04. The van der Waals surface area contributed by atoms with Crippen LogP contribution in [-0.4, -0.2) is 11.8 Å². The number of para-hydroxylation sites is 1. The molecule has 0 bridgehead atoms. The van der Waals surface area contributed by atoms with Crippen molar-refractivity contribution in [2.45, 2.75) is 27.4 Å². The number of Topliss-reactive ketones (excluding diaryl/α,β-unsaturated/α-hetero) is 1. The van der Waals surface area contributed by atoms with E-state index in [1.165, 1.54) is 18.1 Å². The molecular formula is C42H36N2O3. The van der Waals surface area contributed by atoms with Crippen molar-refractivity contribution in [2.75, 3.05) is 9.80 Å². The van der Waals surface area contributed by atoms with Crippen molar-refractivity contribution >= 4 is 45.9 Å². The molecule has 0 saturated heterocycles. The summed E-state index contributed by atoms with van der Waals surface area (Å²) in [6.07, 6.45) is 0. The van der Waals surface area contributed by atoms with E-state index in [2.05, 4.69) is 145 Å². The van der Waals surface area contributed by atoms with Gasteiger partial charge in [0.2, 0.25) is 5.78 Å². The number of carbonyl (C=O) groups excluding carboxylic acids is 2. The number of esters is 1. The summed E-state index contributed by atoms with van der Waals surface area (Å²) in [7, 11) is 0. The fraction of sp³-hybridized carbons (Fsp3) is 0.0952. The van der Waals surface area contributed by atoms with Gasteiger partial charge in [-0.2, -0.15) is 0 Å². The predicted molar refractivity (Wildman–Crippen MR) is 191 cm³/mol. The Hall–Kier alpha value is -5.94. The van der Waals surface area contributed by atoms with Crippen molar-refractivity contribution in [3.05, 3.63) is 168 Å². The lowest BCUT2D eigenvalue weighted by molar-refractivity contribution is -0.153. The van der Waals surface area contributed by atoms with E-state index in [0.29, 0.717) is 0 Å². The van der Waals surface area contributed by atoms with Gasteiger partial charge < -0.3 is 14.5 Å². The Bertz CT molecular complexity index is 1950. The van der Waals surface area contributed by atoms with Gasteiger partial charge in [0.25, 0.3) is 0 Å². The molecule has 0 fully saturated rings. The molecule has 0 saturated carbocycles. The molecule has 0 aliphatic carbocycles. The van der Waals surface area contributed by atoms with Crippen LogP contribution in [0.5, 0.6) is 0 Å². The monoisotopic (exact) mass is 616 g/mol. The summed E-state index contributed by atoms with van der Waals surface area (Å²) in [6, 6.07) is 52.5. The molecule has 0 unspecified atom stereocenters. The number of anilines is 6. The van der Waals surface area contributed by atoms with Crippen LogP contribution in [0.2, 0.25) is 0 Å². The van der Waals surface area contributed by atoms with E-state index in [4.69, 9.17) is 4.74 Å². The Balaban J connectivity index is 1.27. The zero-order valence-electron chi connectivity index (χ0n) is 26.8. The van der Waals surface area contributed by atoms with Gasteiger partial charge in [-0.25, -0.2) is 4.79 Å². The lowest BCUT2D eigenvalue weighted by Crippen LogP contribution is -2.13. The molecule has 47 heavy (non-hydrogen) atoms. The number of nitrogens with zero attached hydrogens (tertiary/aromatic N) is 2. The molecule has 6 rings (SSSR count). The van der Waals surface area contributed by atoms with Crippen molar-refractivity contribution in [3.8, 4) is 11.1 Å². The number of hydrogen-bond acceptors (Lipinski definition) is 5. The molecule has 5 heteroatoms. The summed E-state index contributed by atoms with van der Waals surface area (Å²) in [6.45, 7) is 5.43. The average Bonchev–Trinajstić information content (AvgIpc) is 3.11. The SMILES string of the molecule is CC(=O)C(=O)OCc1ccc(N(c2ccc(C)cc2)c2ccc(-c3ccc(N(c4ccccc4)c4ccc(C)cc4)cc3)cc2)cc1. The third-order valence-corrected chi connectivity index (χ3v) is 8.04. The highest BCUT2D eigenvalue weighted by Gasteiger charge is 2.15. The first-order valence-electron chi connectivity index (χ1n) is 15.6. The Kier molecular flexibility index (Phi) is 9.26. The lowest BCUT2D eigenvalue weighted by atomic mass is 10.0. The zero-order valence-corrected chi connectivity index (χ0v) is 26.8. The Morgan fingerprint density at radius 2 is 0.809 bits per heavy atom. The number of rotatable bonds is 10. The molecule has 0 radical (unpaired) electrons. The van der Waals surface area contributed by atoms with Gasteiger partial charge in [-0.1, -0.05) is 90.0 Å². The maximum atomic E-state index is 11.6. The summed E-state index contributed by atoms with van der Waals surface area (Å²) in [5, 5.41) is 0. The first-order chi connectivity index (χ1) is 22.9. The standard InChI is InChI=1S/C42H36N2O3/c1-30-9-19-37(20-10-30)43(36-7-5-4-6-8-36)40-25-15-34(16-26-40)35-17-27-41(28-18-35)44(38-21-11-31(2)12-22-38)39-23-13-33(14-24-39)29-47-42(46)32(3)45/h4-28H,29H2,1-3H3. The van der Waals surface area contributed by atoms with Gasteiger partial charge in [-0.3, -0.25) is 4.79 Å². The van der Waals surface area contributed by atoms with Crippen molar-refractivity contribution < 1.29 is 14.3 Å². The predicted octanol–water partition coefficient (Wildman–Crippen LogP) is 10.5. The summed E-state index contributed by atoms with van der Waals surface area (Å²) in [5.41, 5.74) is 11.8. The molecule has 0 aromatic heterocycles. The topological polar surface area (TPSA) is 49.9 Å². The molecule has 0 amide bonds. The van der Waals surface area contributed by atoms with E-state index in [0.717, 1.165) is 50.8 Å². The van der Waals surface area contributed by atoms with Crippen molar-refractivity contribution in [1.29, 1.82) is 0 Å². The molecular weight excluding hydrogens is 580 g/mol. The average molecular weight is 617 g/mol. The van der Waals surface area contributed by atoms with Gasteiger partial charge in [0.05, 0.1) is 0 Å². The lowest BCUT2D eigenvalue weighted by Gasteiger charge is -2.26. The normalized spacial score (nSPS) is 10.7. The van der Waals surface area contributed by atoms with Crippen LogP contribution in [0.3, 0.4) is 0 Å². The Morgan fingerprint density at radius 1 is 0.468 bits per heavy atom. The second-order valence-corrected chi connectivity index (χ2v) is 11.6. The number of carbonyl (C=O) groups is 2. The van der Waals surface area contributed by atoms with Crippen LogP contribution in [0, 0.1) is 13.8 Å². The summed E-state index contributed by atoms with van der Waals surface area (Å²) < 4.78 is 5.09. The summed E-state index contributed by atoms with van der Waals surface area (Å²) in [5.74, 6) is -1.44. The molecule has 0 atom stereocenters. The number of benzene rings is 6. The van der Waals surface area contributed by atoms with Gasteiger partial charge in [-0.05, 0) is 103 Å². The molecule has 6 aromatic carbocycles. The first kappa shape index (κ1) is 31.1. The molecule has 0 aliphatic rings. The third kappa shape index (κ3) is 7.32. The fourth-order valence-corrected chi connectivity index (χ4v) is 5.46. The van der Waals surface area contributed by atoms with E-state index >= 15 is 0 Å². The van der Waals surface area contributed by atoms with Crippen LogP contribution < -0.4 is 9.80 Å². The number of aryl methyl sites for hydroxylation is 2. The van der Waals surface area contributed by atoms with E-state index in [9.17, 15) is 9.59 Å². The highest BCUT2D eigenvalue weighted by atomic mass is 16.5. The van der Waals surface area contributed by atoms with Crippen LogP contribution in [0.25, 0.3) is 11.1 Å². The number of hydrogen-bond donors (Lipinski definition) is 0. The smallest absolute Gasteiger partial charge is 0.374 e. The Labute approximate surface area is 276 Å². The van der Waals surface area contributed by atoms with Gasteiger partial charge >= 0.3 is 5.97 Å². The first-order valence-corrected chi connectivity index (χ1v) is 15.6. The van der Waals surface area contributed by atoms with Crippen LogP contribution >= 0.6 is 0 Å². The zero-order chi connectivity index (χ0) is 32.8. The van der Waals surface area contributed by atoms with Crippen molar-refractivity contribution in [1.82, 2.24) is 0 Å². The van der Waals surface area contributed by atoms with E-state index in [-0.39, 0.29) is 6.61 Å². The molecule has 0 heterocycles. The summed E-state index contributed by atoms with van der Waals surface area (Å²) in [4.78, 5) is 27.3.